The van der Waals surface area contributed by atoms with Crippen molar-refractivity contribution in [3.05, 3.63) is 36.1 Å². The number of fused-ring (bicyclic) bond motifs is 1. The van der Waals surface area contributed by atoms with Gasteiger partial charge in [-0.15, -0.1) is 0 Å². The van der Waals surface area contributed by atoms with Crippen LogP contribution in [0, 0.1) is 5.92 Å². The highest BCUT2D eigenvalue weighted by Gasteiger charge is 2.38. The van der Waals surface area contributed by atoms with Crippen molar-refractivity contribution in [2.75, 3.05) is 0 Å². The van der Waals surface area contributed by atoms with Crippen LogP contribution in [0.15, 0.2) is 34.7 Å². The molecule has 4 nitrogen and oxygen atoms in total. The third-order valence-electron chi connectivity index (χ3n) is 4.80. The van der Waals surface area contributed by atoms with Crippen molar-refractivity contribution in [3.8, 4) is 0 Å². The Labute approximate surface area is 131 Å². The van der Waals surface area contributed by atoms with Crippen LogP contribution in [0.25, 0.3) is 11.0 Å². The van der Waals surface area contributed by atoms with Gasteiger partial charge in [-0.1, -0.05) is 31.0 Å². The van der Waals surface area contributed by atoms with Crippen LogP contribution in [-0.2, 0) is 4.79 Å². The van der Waals surface area contributed by atoms with Crippen molar-refractivity contribution in [3.63, 3.8) is 0 Å². The van der Waals surface area contributed by atoms with E-state index >= 15 is 0 Å². The molecule has 0 saturated heterocycles. The number of hydrogen-bond acceptors (Lipinski definition) is 3. The van der Waals surface area contributed by atoms with Crippen LogP contribution in [-0.4, -0.2) is 11.4 Å². The van der Waals surface area contributed by atoms with Crippen LogP contribution >= 0.6 is 0 Å². The molecule has 1 fully saturated rings. The number of nitrogens with two attached hydrogens (primary N) is 1. The fraction of sp³-hybridized carbons (Fsp3) is 0.500. The highest BCUT2D eigenvalue weighted by atomic mass is 16.3. The van der Waals surface area contributed by atoms with Gasteiger partial charge in [0.1, 0.15) is 11.3 Å². The first kappa shape index (κ1) is 15.1. The molecule has 3 N–H and O–H groups in total. The van der Waals surface area contributed by atoms with Gasteiger partial charge in [-0.2, -0.15) is 0 Å². The average molecular weight is 300 g/mol. The van der Waals surface area contributed by atoms with Gasteiger partial charge < -0.3 is 15.5 Å². The van der Waals surface area contributed by atoms with Crippen molar-refractivity contribution in [2.45, 2.75) is 51.1 Å². The molecule has 1 aromatic heterocycles. The Morgan fingerprint density at radius 2 is 2.18 bits per heavy atom. The van der Waals surface area contributed by atoms with E-state index in [9.17, 15) is 4.79 Å². The first-order chi connectivity index (χ1) is 10.5. The molecule has 118 valence electrons. The number of hydrogen-bond donors (Lipinski definition) is 2. The Kier molecular flexibility index (Phi) is 3.96. The molecule has 1 heterocycles. The molecule has 0 aliphatic heterocycles. The van der Waals surface area contributed by atoms with Crippen LogP contribution in [0.2, 0.25) is 0 Å². The molecule has 3 rings (SSSR count). The van der Waals surface area contributed by atoms with Crippen molar-refractivity contribution in [1.82, 2.24) is 5.32 Å². The number of benzene rings is 1. The van der Waals surface area contributed by atoms with Crippen LogP contribution in [0.1, 0.15) is 51.3 Å². The zero-order valence-corrected chi connectivity index (χ0v) is 13.3. The van der Waals surface area contributed by atoms with Gasteiger partial charge in [-0.05, 0) is 38.8 Å². The van der Waals surface area contributed by atoms with Crippen molar-refractivity contribution in [2.24, 2.45) is 11.7 Å². The van der Waals surface area contributed by atoms with Crippen LogP contribution in [0.3, 0.4) is 0 Å². The molecular weight excluding hydrogens is 276 g/mol. The minimum Gasteiger partial charge on any atom is -0.459 e. The van der Waals surface area contributed by atoms with Gasteiger partial charge in [0, 0.05) is 10.9 Å². The monoisotopic (exact) mass is 300 g/mol. The maximum Gasteiger partial charge on any atom is 0.225 e. The molecule has 1 aromatic carbocycles. The Hall–Kier alpha value is -1.81. The smallest absolute Gasteiger partial charge is 0.225 e. The molecule has 0 bridgehead atoms. The lowest BCUT2D eigenvalue weighted by Crippen LogP contribution is -2.53. The summed E-state index contributed by atoms with van der Waals surface area (Å²) < 4.78 is 5.82. The maximum atomic E-state index is 12.6. The SMILES string of the molecule is CC(NC(=O)C1CCCCC1(C)N)c1cc2ccccc2o1. The lowest BCUT2D eigenvalue weighted by Gasteiger charge is -2.37. The molecule has 3 atom stereocenters. The summed E-state index contributed by atoms with van der Waals surface area (Å²) in [4.78, 5) is 12.6. The number of para-hydroxylation sites is 1. The van der Waals surface area contributed by atoms with E-state index in [0.717, 1.165) is 42.4 Å². The summed E-state index contributed by atoms with van der Waals surface area (Å²) in [6.45, 7) is 3.94. The number of amides is 1. The van der Waals surface area contributed by atoms with E-state index in [2.05, 4.69) is 5.32 Å². The topological polar surface area (TPSA) is 68.3 Å². The third-order valence-corrected chi connectivity index (χ3v) is 4.80. The second-order valence-electron chi connectivity index (χ2n) is 6.72. The lowest BCUT2D eigenvalue weighted by atomic mass is 9.74. The Bertz CT molecular complexity index is 642. The first-order valence-corrected chi connectivity index (χ1v) is 8.05. The Balaban J connectivity index is 1.73. The van der Waals surface area contributed by atoms with Gasteiger partial charge in [0.2, 0.25) is 5.91 Å². The summed E-state index contributed by atoms with van der Waals surface area (Å²) in [7, 11) is 0. The maximum absolute atomic E-state index is 12.6. The minimum atomic E-state index is -0.407. The van der Waals surface area contributed by atoms with Gasteiger partial charge in [-0.3, -0.25) is 4.79 Å². The molecule has 1 saturated carbocycles. The predicted octanol–water partition coefficient (Wildman–Crippen LogP) is 3.52. The zero-order chi connectivity index (χ0) is 15.7. The summed E-state index contributed by atoms with van der Waals surface area (Å²) in [5, 5.41) is 4.13. The molecule has 2 aromatic rings. The van der Waals surface area contributed by atoms with Crippen molar-refractivity contribution < 1.29 is 9.21 Å². The summed E-state index contributed by atoms with van der Waals surface area (Å²) in [5.74, 6) is 0.704. The molecule has 22 heavy (non-hydrogen) atoms. The second-order valence-corrected chi connectivity index (χ2v) is 6.72. The fourth-order valence-electron chi connectivity index (χ4n) is 3.39. The number of rotatable bonds is 3. The zero-order valence-electron chi connectivity index (χ0n) is 13.3. The normalized spacial score (nSPS) is 26.8. The molecule has 4 heteroatoms. The number of carbonyl (C=O) groups is 1. The largest absolute Gasteiger partial charge is 0.459 e. The minimum absolute atomic E-state index is 0.0395. The molecule has 1 amide bonds. The first-order valence-electron chi connectivity index (χ1n) is 8.05. The summed E-state index contributed by atoms with van der Waals surface area (Å²) in [5.41, 5.74) is 6.75. The van der Waals surface area contributed by atoms with Crippen LogP contribution in [0.4, 0.5) is 0 Å². The lowest BCUT2D eigenvalue weighted by molar-refractivity contribution is -0.128. The van der Waals surface area contributed by atoms with E-state index in [0.29, 0.717) is 0 Å². The van der Waals surface area contributed by atoms with E-state index in [1.807, 2.05) is 44.2 Å². The molecule has 1 aliphatic rings. The van der Waals surface area contributed by atoms with E-state index in [1.54, 1.807) is 0 Å². The average Bonchev–Trinajstić information content (AvgIpc) is 2.90. The number of carbonyl (C=O) groups excluding carboxylic acids is 1. The van der Waals surface area contributed by atoms with E-state index in [-0.39, 0.29) is 17.9 Å². The van der Waals surface area contributed by atoms with Gasteiger partial charge in [-0.25, -0.2) is 0 Å². The molecular formula is C18H24N2O2. The molecule has 0 radical (unpaired) electrons. The number of furan rings is 1. The predicted molar refractivity (Wildman–Crippen MR) is 87.3 cm³/mol. The van der Waals surface area contributed by atoms with Crippen molar-refractivity contribution in [1.29, 1.82) is 0 Å². The summed E-state index contributed by atoms with van der Waals surface area (Å²) >= 11 is 0. The standard InChI is InChI=1S/C18H24N2O2/c1-12(16-11-13-7-3-4-9-15(13)22-16)20-17(21)14-8-5-6-10-18(14,2)19/h3-4,7,9,11-12,14H,5-6,8,10,19H2,1-2H3,(H,20,21). The Morgan fingerprint density at radius 3 is 2.91 bits per heavy atom. The van der Waals surface area contributed by atoms with Gasteiger partial charge >= 0.3 is 0 Å². The van der Waals surface area contributed by atoms with E-state index in [4.69, 9.17) is 10.2 Å². The fourth-order valence-corrected chi connectivity index (χ4v) is 3.39. The van der Waals surface area contributed by atoms with Gasteiger partial charge in [0.25, 0.3) is 0 Å². The summed E-state index contributed by atoms with van der Waals surface area (Å²) in [6, 6.07) is 9.70. The molecule has 1 aliphatic carbocycles. The quantitative estimate of drug-likeness (QED) is 0.911. The highest BCUT2D eigenvalue weighted by Crippen LogP contribution is 2.32. The van der Waals surface area contributed by atoms with E-state index < -0.39 is 5.54 Å². The number of nitrogens with one attached hydrogen (secondary N) is 1. The third kappa shape index (κ3) is 2.88. The Morgan fingerprint density at radius 1 is 1.41 bits per heavy atom. The molecule has 0 spiro atoms. The van der Waals surface area contributed by atoms with Gasteiger partial charge in [0.05, 0.1) is 12.0 Å². The highest BCUT2D eigenvalue weighted by molar-refractivity contribution is 5.81. The van der Waals surface area contributed by atoms with Crippen molar-refractivity contribution >= 4 is 16.9 Å². The van der Waals surface area contributed by atoms with Crippen LogP contribution < -0.4 is 11.1 Å². The van der Waals surface area contributed by atoms with Crippen LogP contribution in [0.5, 0.6) is 0 Å². The second kappa shape index (κ2) is 5.76. The van der Waals surface area contributed by atoms with Gasteiger partial charge in [0.15, 0.2) is 0 Å². The molecule has 3 unspecified atom stereocenters. The van der Waals surface area contributed by atoms with E-state index in [1.165, 1.54) is 0 Å². The summed E-state index contributed by atoms with van der Waals surface area (Å²) in [6.07, 6.45) is 3.95.